The highest BCUT2D eigenvalue weighted by Gasteiger charge is 2.30. The number of hydrogen-bond acceptors (Lipinski definition) is 8. The van der Waals surface area contributed by atoms with Gasteiger partial charge in [-0.3, -0.25) is 4.79 Å². The topological polar surface area (TPSA) is 125 Å². The quantitative estimate of drug-likeness (QED) is 0.318. The fraction of sp³-hybridized carbons (Fsp3) is 0.231. The summed E-state index contributed by atoms with van der Waals surface area (Å²) < 4.78 is 5.47. The molecule has 1 amide bonds. The van der Waals surface area contributed by atoms with Crippen LogP contribution in [0.5, 0.6) is 0 Å². The minimum atomic E-state index is -0.400. The average molecular weight is 471 g/mol. The molecule has 0 fully saturated rings. The number of anilines is 3. The summed E-state index contributed by atoms with van der Waals surface area (Å²) >= 11 is 0. The first-order valence-corrected chi connectivity index (χ1v) is 11.3. The van der Waals surface area contributed by atoms with Gasteiger partial charge < -0.3 is 25.5 Å². The Kier molecular flexibility index (Phi) is 5.92. The highest BCUT2D eigenvalue weighted by molar-refractivity contribution is 5.98. The predicted octanol–water partition coefficient (Wildman–Crippen LogP) is 4.09. The largest absolute Gasteiger partial charge is 0.444 e. The Morgan fingerprint density at radius 2 is 1.97 bits per heavy atom. The van der Waals surface area contributed by atoms with E-state index in [0.717, 1.165) is 17.5 Å². The molecular weight excluding hydrogens is 444 g/mol. The van der Waals surface area contributed by atoms with E-state index in [0.29, 0.717) is 34.5 Å². The van der Waals surface area contributed by atoms with E-state index in [9.17, 15) is 9.90 Å². The van der Waals surface area contributed by atoms with Crippen LogP contribution in [-0.4, -0.2) is 38.1 Å². The molecule has 0 spiro atoms. The standard InChI is InChI=1S/C26H26N6O3/c1-26(2)13-17-8-9-18(12-19(17)23(34)32-26)29-25-28-14-20(24-27-10-11-35-24)22(31-25)30-21(15-33)16-6-4-3-5-7-16/h3-12,14,21,33H,13,15H2,1-2H3,(H,32,34)(H2,28,29,30,31)/t21-/m1/s1. The number of hydrogen-bond donors (Lipinski definition) is 4. The van der Waals surface area contributed by atoms with Crippen molar-refractivity contribution in [3.05, 3.63) is 83.9 Å². The number of benzene rings is 2. The minimum Gasteiger partial charge on any atom is -0.444 e. The normalized spacial score (nSPS) is 15.1. The summed E-state index contributed by atoms with van der Waals surface area (Å²) in [6.07, 6.45) is 5.39. The van der Waals surface area contributed by atoms with E-state index in [1.807, 2.05) is 56.3 Å². The van der Waals surface area contributed by atoms with Crippen molar-refractivity contribution in [1.29, 1.82) is 0 Å². The number of aromatic nitrogens is 3. The molecule has 9 heteroatoms. The van der Waals surface area contributed by atoms with Crippen LogP contribution in [0.4, 0.5) is 17.5 Å². The number of aliphatic hydroxyl groups excluding tert-OH is 1. The van der Waals surface area contributed by atoms with Crippen molar-refractivity contribution in [1.82, 2.24) is 20.3 Å². The molecule has 2 aromatic heterocycles. The summed E-state index contributed by atoms with van der Waals surface area (Å²) in [6, 6.07) is 14.9. The Balaban J connectivity index is 1.46. The zero-order chi connectivity index (χ0) is 24.4. The van der Waals surface area contributed by atoms with Crippen LogP contribution in [-0.2, 0) is 6.42 Å². The first-order valence-electron chi connectivity index (χ1n) is 11.3. The van der Waals surface area contributed by atoms with Gasteiger partial charge in [-0.25, -0.2) is 9.97 Å². The van der Waals surface area contributed by atoms with Crippen molar-refractivity contribution in [2.75, 3.05) is 17.2 Å². The van der Waals surface area contributed by atoms with Gasteiger partial charge in [-0.05, 0) is 43.5 Å². The molecule has 0 bridgehead atoms. The molecule has 35 heavy (non-hydrogen) atoms. The molecule has 1 aliphatic heterocycles. The van der Waals surface area contributed by atoms with Crippen LogP contribution in [0.25, 0.3) is 11.5 Å². The van der Waals surface area contributed by atoms with Crippen LogP contribution < -0.4 is 16.0 Å². The number of carbonyl (C=O) groups is 1. The highest BCUT2D eigenvalue weighted by atomic mass is 16.3. The number of nitrogens with zero attached hydrogens (tertiary/aromatic N) is 3. The molecule has 3 heterocycles. The zero-order valence-electron chi connectivity index (χ0n) is 19.4. The molecule has 0 saturated carbocycles. The molecule has 0 unspecified atom stereocenters. The Bertz CT molecular complexity index is 1340. The van der Waals surface area contributed by atoms with Gasteiger partial charge in [0, 0.05) is 23.0 Å². The van der Waals surface area contributed by atoms with Crippen LogP contribution in [0.2, 0.25) is 0 Å². The minimum absolute atomic E-state index is 0.101. The van der Waals surface area contributed by atoms with Gasteiger partial charge in [0.2, 0.25) is 11.8 Å². The van der Waals surface area contributed by atoms with Gasteiger partial charge in [0.1, 0.15) is 12.1 Å². The van der Waals surface area contributed by atoms with Crippen molar-refractivity contribution in [3.8, 4) is 11.5 Å². The molecular formula is C26H26N6O3. The van der Waals surface area contributed by atoms with Gasteiger partial charge in [0.05, 0.1) is 24.4 Å². The second kappa shape index (κ2) is 9.19. The Hall–Kier alpha value is -4.24. The number of oxazole rings is 1. The molecule has 4 aromatic rings. The average Bonchev–Trinajstić information content (AvgIpc) is 3.38. The molecule has 0 aliphatic carbocycles. The monoisotopic (exact) mass is 470 g/mol. The maximum Gasteiger partial charge on any atom is 0.252 e. The first-order chi connectivity index (χ1) is 16.9. The second-order valence-electron chi connectivity index (χ2n) is 9.10. The molecule has 178 valence electrons. The van der Waals surface area contributed by atoms with Gasteiger partial charge in [-0.1, -0.05) is 36.4 Å². The molecule has 1 aliphatic rings. The van der Waals surface area contributed by atoms with Gasteiger partial charge in [-0.2, -0.15) is 4.98 Å². The van der Waals surface area contributed by atoms with Gasteiger partial charge in [-0.15, -0.1) is 0 Å². The highest BCUT2D eigenvalue weighted by Crippen LogP contribution is 2.30. The molecule has 0 radical (unpaired) electrons. The summed E-state index contributed by atoms with van der Waals surface area (Å²) in [5, 5.41) is 19.5. The van der Waals surface area contributed by atoms with Crippen LogP contribution in [0.3, 0.4) is 0 Å². The van der Waals surface area contributed by atoms with Crippen LogP contribution in [0.15, 0.2) is 71.6 Å². The molecule has 1 atom stereocenters. The molecule has 4 N–H and O–H groups in total. The van der Waals surface area contributed by atoms with E-state index in [2.05, 4.69) is 30.9 Å². The fourth-order valence-corrected chi connectivity index (χ4v) is 4.19. The predicted molar refractivity (Wildman–Crippen MR) is 132 cm³/mol. The number of rotatable bonds is 7. The lowest BCUT2D eigenvalue weighted by molar-refractivity contribution is 0.0897. The van der Waals surface area contributed by atoms with E-state index < -0.39 is 6.04 Å². The van der Waals surface area contributed by atoms with Crippen molar-refractivity contribution in [3.63, 3.8) is 0 Å². The molecule has 0 saturated heterocycles. The third kappa shape index (κ3) is 4.85. The maximum absolute atomic E-state index is 12.6. The van der Waals surface area contributed by atoms with Crippen molar-refractivity contribution in [2.45, 2.75) is 31.8 Å². The third-order valence-electron chi connectivity index (χ3n) is 5.84. The molecule has 9 nitrogen and oxygen atoms in total. The van der Waals surface area contributed by atoms with Crippen LogP contribution in [0, 0.1) is 0 Å². The van der Waals surface area contributed by atoms with Crippen molar-refractivity contribution in [2.24, 2.45) is 0 Å². The Morgan fingerprint density at radius 3 is 2.71 bits per heavy atom. The number of aliphatic hydroxyl groups is 1. The summed E-state index contributed by atoms with van der Waals surface area (Å²) in [6.45, 7) is 3.87. The lowest BCUT2D eigenvalue weighted by atomic mass is 9.87. The van der Waals surface area contributed by atoms with Crippen molar-refractivity contribution < 1.29 is 14.3 Å². The fourth-order valence-electron chi connectivity index (χ4n) is 4.19. The van der Waals surface area contributed by atoms with E-state index in [4.69, 9.17) is 4.42 Å². The third-order valence-corrected chi connectivity index (χ3v) is 5.84. The van der Waals surface area contributed by atoms with Crippen LogP contribution >= 0.6 is 0 Å². The van der Waals surface area contributed by atoms with E-state index in [1.165, 1.54) is 6.26 Å². The number of fused-ring (bicyclic) bond motifs is 1. The Labute approximate surface area is 202 Å². The molecule has 2 aromatic carbocycles. The number of carbonyl (C=O) groups excluding carboxylic acids is 1. The van der Waals surface area contributed by atoms with E-state index in [-0.39, 0.29) is 18.1 Å². The zero-order valence-corrected chi connectivity index (χ0v) is 19.4. The van der Waals surface area contributed by atoms with Gasteiger partial charge in [0.25, 0.3) is 5.91 Å². The summed E-state index contributed by atoms with van der Waals surface area (Å²) in [5.41, 5.74) is 3.51. The van der Waals surface area contributed by atoms with Gasteiger partial charge >= 0.3 is 0 Å². The Morgan fingerprint density at radius 1 is 1.14 bits per heavy atom. The summed E-state index contributed by atoms with van der Waals surface area (Å²) in [4.78, 5) is 25.9. The molecule has 5 rings (SSSR count). The lowest BCUT2D eigenvalue weighted by Gasteiger charge is -2.32. The van der Waals surface area contributed by atoms with Crippen molar-refractivity contribution >= 4 is 23.4 Å². The number of nitrogens with one attached hydrogen (secondary N) is 3. The summed E-state index contributed by atoms with van der Waals surface area (Å²) in [5.74, 6) is 1.03. The second-order valence-corrected chi connectivity index (χ2v) is 9.10. The summed E-state index contributed by atoms with van der Waals surface area (Å²) in [7, 11) is 0. The first kappa shape index (κ1) is 22.5. The maximum atomic E-state index is 12.6. The van der Waals surface area contributed by atoms with Gasteiger partial charge in [0.15, 0.2) is 0 Å². The number of amides is 1. The van der Waals surface area contributed by atoms with E-state index >= 15 is 0 Å². The van der Waals surface area contributed by atoms with Crippen LogP contribution in [0.1, 0.15) is 41.4 Å². The van der Waals surface area contributed by atoms with E-state index in [1.54, 1.807) is 18.5 Å². The smallest absolute Gasteiger partial charge is 0.252 e. The lowest BCUT2D eigenvalue weighted by Crippen LogP contribution is -2.49. The SMILES string of the molecule is CC1(C)Cc2ccc(Nc3ncc(-c4ncco4)c(N[C@H](CO)c4ccccc4)n3)cc2C(=O)N1.